The van der Waals surface area contributed by atoms with E-state index in [-0.39, 0.29) is 22.2 Å². The molecule has 100 valence electrons. The van der Waals surface area contributed by atoms with Gasteiger partial charge in [-0.05, 0) is 18.2 Å². The molecule has 0 heterocycles. The Morgan fingerprint density at radius 3 is 2.61 bits per heavy atom. The van der Waals surface area contributed by atoms with Crippen molar-refractivity contribution >= 4 is 27.4 Å². The maximum Gasteiger partial charge on any atom is 0.296 e. The van der Waals surface area contributed by atoms with Crippen molar-refractivity contribution in [2.24, 2.45) is 0 Å². The van der Waals surface area contributed by atoms with E-state index >= 15 is 0 Å². The lowest BCUT2D eigenvalue weighted by molar-refractivity contribution is -0.118. The van der Waals surface area contributed by atoms with E-state index in [1.807, 2.05) is 0 Å². The fourth-order valence-electron chi connectivity index (χ4n) is 1.33. The van der Waals surface area contributed by atoms with Crippen LogP contribution < -0.4 is 16.4 Å². The maximum absolute atomic E-state index is 11.1. The first-order chi connectivity index (χ1) is 8.30. The zero-order chi connectivity index (χ0) is 13.8. The highest BCUT2D eigenvalue weighted by Crippen LogP contribution is 2.23. The van der Waals surface area contributed by atoms with Gasteiger partial charge in [0.05, 0.1) is 5.69 Å². The molecule has 5 N–H and O–H groups in total. The fraction of sp³-hybridized carbons (Fsp3) is 0.300. The summed E-state index contributed by atoms with van der Waals surface area (Å²) in [6, 6.07) is 4.12. The van der Waals surface area contributed by atoms with Crippen molar-refractivity contribution in [3.8, 4) is 0 Å². The SMILES string of the molecule is CC(=O)NCCNc1ccc(N)cc1S(=O)(=O)O. The van der Waals surface area contributed by atoms with Crippen LogP contribution >= 0.6 is 0 Å². The minimum absolute atomic E-state index is 0.177. The quantitative estimate of drug-likeness (QED) is 0.342. The lowest BCUT2D eigenvalue weighted by Gasteiger charge is -2.11. The average molecular weight is 273 g/mol. The van der Waals surface area contributed by atoms with Gasteiger partial charge >= 0.3 is 0 Å². The zero-order valence-electron chi connectivity index (χ0n) is 9.80. The van der Waals surface area contributed by atoms with Crippen LogP contribution in [0.25, 0.3) is 0 Å². The number of hydrogen-bond acceptors (Lipinski definition) is 5. The molecular formula is C10H15N3O4S. The molecule has 0 aliphatic carbocycles. The van der Waals surface area contributed by atoms with Gasteiger partial charge in [-0.3, -0.25) is 9.35 Å². The van der Waals surface area contributed by atoms with Crippen molar-refractivity contribution in [1.82, 2.24) is 5.32 Å². The summed E-state index contributed by atoms with van der Waals surface area (Å²) < 4.78 is 31.3. The molecule has 1 rings (SSSR count). The van der Waals surface area contributed by atoms with Gasteiger partial charge in [0.2, 0.25) is 5.91 Å². The van der Waals surface area contributed by atoms with E-state index in [1.54, 1.807) is 0 Å². The predicted molar refractivity (Wildman–Crippen MR) is 67.8 cm³/mol. The van der Waals surface area contributed by atoms with Gasteiger partial charge in [0.1, 0.15) is 4.90 Å². The van der Waals surface area contributed by atoms with Crippen LogP contribution in [0, 0.1) is 0 Å². The van der Waals surface area contributed by atoms with Crippen molar-refractivity contribution < 1.29 is 17.8 Å². The van der Waals surface area contributed by atoms with E-state index in [0.29, 0.717) is 13.1 Å². The van der Waals surface area contributed by atoms with Gasteiger partial charge in [-0.2, -0.15) is 8.42 Å². The standard InChI is InChI=1S/C10H15N3O4S/c1-7(14)12-4-5-13-9-3-2-8(11)6-10(9)18(15,16)17/h2-3,6,13H,4-5,11H2,1H3,(H,12,14)(H,15,16,17). The lowest BCUT2D eigenvalue weighted by Crippen LogP contribution is -2.26. The van der Waals surface area contributed by atoms with Crippen LogP contribution in [0.3, 0.4) is 0 Å². The van der Waals surface area contributed by atoms with Crippen molar-refractivity contribution in [1.29, 1.82) is 0 Å². The zero-order valence-corrected chi connectivity index (χ0v) is 10.6. The van der Waals surface area contributed by atoms with Crippen LogP contribution in [0.2, 0.25) is 0 Å². The summed E-state index contributed by atoms with van der Waals surface area (Å²) in [4.78, 5) is 10.3. The van der Waals surface area contributed by atoms with Crippen LogP contribution in [-0.4, -0.2) is 32.0 Å². The average Bonchev–Trinajstić information content (AvgIpc) is 2.24. The van der Waals surface area contributed by atoms with Gasteiger partial charge in [0.15, 0.2) is 0 Å². The largest absolute Gasteiger partial charge is 0.399 e. The molecule has 1 aromatic carbocycles. The van der Waals surface area contributed by atoms with Gasteiger partial charge in [0, 0.05) is 25.7 Å². The normalized spacial score (nSPS) is 11.0. The second kappa shape index (κ2) is 5.69. The van der Waals surface area contributed by atoms with E-state index in [4.69, 9.17) is 10.3 Å². The Morgan fingerprint density at radius 1 is 1.39 bits per heavy atom. The van der Waals surface area contributed by atoms with Gasteiger partial charge < -0.3 is 16.4 Å². The van der Waals surface area contributed by atoms with Crippen LogP contribution in [0.1, 0.15) is 6.92 Å². The van der Waals surface area contributed by atoms with Gasteiger partial charge in [-0.15, -0.1) is 0 Å². The molecule has 7 nitrogen and oxygen atoms in total. The summed E-state index contributed by atoms with van der Waals surface area (Å²) in [6.07, 6.45) is 0. The first-order valence-electron chi connectivity index (χ1n) is 5.16. The van der Waals surface area contributed by atoms with Gasteiger partial charge in [0.25, 0.3) is 10.1 Å². The number of nitrogen functional groups attached to an aromatic ring is 1. The fourth-order valence-corrected chi connectivity index (χ4v) is 2.04. The number of hydrogen-bond donors (Lipinski definition) is 4. The monoisotopic (exact) mass is 273 g/mol. The molecule has 1 aromatic rings. The van der Waals surface area contributed by atoms with Crippen LogP contribution in [-0.2, 0) is 14.9 Å². The predicted octanol–water partition coefficient (Wildman–Crippen LogP) is 0.0635. The summed E-state index contributed by atoms with van der Waals surface area (Å²) in [5.74, 6) is -0.177. The topological polar surface area (TPSA) is 122 Å². The number of amides is 1. The second-order valence-corrected chi connectivity index (χ2v) is 5.03. The molecule has 0 radical (unpaired) electrons. The third kappa shape index (κ3) is 4.22. The molecule has 0 bridgehead atoms. The number of anilines is 2. The molecule has 0 spiro atoms. The van der Waals surface area contributed by atoms with E-state index in [9.17, 15) is 13.2 Å². The van der Waals surface area contributed by atoms with E-state index < -0.39 is 10.1 Å². The first-order valence-corrected chi connectivity index (χ1v) is 6.60. The number of benzene rings is 1. The Hall–Kier alpha value is -1.80. The number of carbonyl (C=O) groups is 1. The Balaban J connectivity index is 2.80. The van der Waals surface area contributed by atoms with E-state index in [1.165, 1.54) is 19.1 Å². The van der Waals surface area contributed by atoms with Crippen molar-refractivity contribution in [3.63, 3.8) is 0 Å². The van der Waals surface area contributed by atoms with Gasteiger partial charge in [-0.1, -0.05) is 0 Å². The smallest absolute Gasteiger partial charge is 0.296 e. The van der Waals surface area contributed by atoms with Crippen LogP contribution in [0.5, 0.6) is 0 Å². The molecule has 0 atom stereocenters. The van der Waals surface area contributed by atoms with Gasteiger partial charge in [-0.25, -0.2) is 0 Å². The highest BCUT2D eigenvalue weighted by atomic mass is 32.2. The minimum Gasteiger partial charge on any atom is -0.399 e. The minimum atomic E-state index is -4.34. The third-order valence-corrected chi connectivity index (χ3v) is 2.99. The summed E-state index contributed by atoms with van der Waals surface area (Å²) in [5, 5.41) is 5.34. The molecule has 0 fully saturated rings. The molecule has 0 aliphatic rings. The number of carbonyl (C=O) groups excluding carboxylic acids is 1. The lowest BCUT2D eigenvalue weighted by atomic mass is 10.3. The summed E-state index contributed by atoms with van der Waals surface area (Å²) in [7, 11) is -4.34. The van der Waals surface area contributed by atoms with E-state index in [0.717, 1.165) is 6.07 Å². The number of nitrogens with two attached hydrogens (primary N) is 1. The third-order valence-electron chi connectivity index (χ3n) is 2.10. The first kappa shape index (κ1) is 14.3. The molecule has 0 unspecified atom stereocenters. The molecule has 0 aliphatic heterocycles. The molecule has 0 aromatic heterocycles. The highest BCUT2D eigenvalue weighted by Gasteiger charge is 2.15. The van der Waals surface area contributed by atoms with Crippen molar-refractivity contribution in [2.45, 2.75) is 11.8 Å². The molecule has 18 heavy (non-hydrogen) atoms. The molecule has 0 saturated heterocycles. The van der Waals surface area contributed by atoms with Crippen LogP contribution in [0.15, 0.2) is 23.1 Å². The Labute approximate surface area is 105 Å². The van der Waals surface area contributed by atoms with Crippen LogP contribution in [0.4, 0.5) is 11.4 Å². The maximum atomic E-state index is 11.1. The number of rotatable bonds is 5. The van der Waals surface area contributed by atoms with Crippen molar-refractivity contribution in [2.75, 3.05) is 24.1 Å². The molecule has 1 amide bonds. The molecular weight excluding hydrogens is 258 g/mol. The molecule has 0 saturated carbocycles. The second-order valence-electron chi connectivity index (χ2n) is 3.64. The Kier molecular flexibility index (Phi) is 4.51. The Bertz CT molecular complexity index is 542. The highest BCUT2D eigenvalue weighted by molar-refractivity contribution is 7.86. The Morgan fingerprint density at radius 2 is 2.06 bits per heavy atom. The molecule has 8 heteroatoms. The number of nitrogens with one attached hydrogen (secondary N) is 2. The van der Waals surface area contributed by atoms with E-state index in [2.05, 4.69) is 10.6 Å². The summed E-state index contributed by atoms with van der Waals surface area (Å²) in [6.45, 7) is 2.05. The summed E-state index contributed by atoms with van der Waals surface area (Å²) in [5.41, 5.74) is 5.92. The van der Waals surface area contributed by atoms with Crippen molar-refractivity contribution in [3.05, 3.63) is 18.2 Å². The summed E-state index contributed by atoms with van der Waals surface area (Å²) >= 11 is 0.